The highest BCUT2D eigenvalue weighted by Crippen LogP contribution is 2.34. The molecule has 1 N–H and O–H groups in total. The van der Waals surface area contributed by atoms with Crippen molar-refractivity contribution in [3.05, 3.63) is 48.0 Å². The number of hydrogen-bond donors (Lipinski definition) is 1. The average molecular weight is 368 g/mol. The van der Waals surface area contributed by atoms with Crippen LogP contribution in [-0.4, -0.2) is 31.6 Å². The van der Waals surface area contributed by atoms with E-state index in [1.165, 1.54) is 0 Å². The van der Waals surface area contributed by atoms with Crippen molar-refractivity contribution in [2.24, 2.45) is 0 Å². The maximum absolute atomic E-state index is 12.3. The highest BCUT2D eigenvalue weighted by atomic mass is 16.5. The second kappa shape index (κ2) is 8.58. The molecule has 142 valence electrons. The lowest BCUT2D eigenvalue weighted by atomic mass is 10.2. The highest BCUT2D eigenvalue weighted by Gasteiger charge is 2.25. The second-order valence-electron chi connectivity index (χ2n) is 6.44. The quantitative estimate of drug-likeness (QED) is 0.759. The first kappa shape index (κ1) is 18.8. The Kier molecular flexibility index (Phi) is 5.96. The van der Waals surface area contributed by atoms with Crippen molar-refractivity contribution in [3.63, 3.8) is 0 Å². The second-order valence-corrected chi connectivity index (χ2v) is 6.44. The van der Waals surface area contributed by atoms with Gasteiger partial charge in [0.05, 0.1) is 12.3 Å². The van der Waals surface area contributed by atoms with Crippen molar-refractivity contribution in [1.82, 2.24) is 0 Å². The van der Waals surface area contributed by atoms with Crippen LogP contribution < -0.4 is 19.7 Å². The van der Waals surface area contributed by atoms with Crippen LogP contribution in [0.2, 0.25) is 0 Å². The molecule has 0 unspecified atom stereocenters. The number of anilines is 2. The molecule has 0 atom stereocenters. The van der Waals surface area contributed by atoms with Gasteiger partial charge in [0.25, 0.3) is 5.91 Å². The van der Waals surface area contributed by atoms with Gasteiger partial charge in [0.1, 0.15) is 11.5 Å². The number of hydrogen-bond acceptors (Lipinski definition) is 4. The van der Waals surface area contributed by atoms with E-state index >= 15 is 0 Å². The van der Waals surface area contributed by atoms with Gasteiger partial charge >= 0.3 is 0 Å². The van der Waals surface area contributed by atoms with Crippen LogP contribution in [0.15, 0.2) is 42.5 Å². The van der Waals surface area contributed by atoms with E-state index in [-0.39, 0.29) is 18.4 Å². The first-order valence-electron chi connectivity index (χ1n) is 9.13. The molecule has 0 aliphatic carbocycles. The van der Waals surface area contributed by atoms with Crippen LogP contribution >= 0.6 is 0 Å². The van der Waals surface area contributed by atoms with Crippen molar-refractivity contribution >= 4 is 23.2 Å². The average Bonchev–Trinajstić information content (AvgIpc) is 2.66. The van der Waals surface area contributed by atoms with Crippen LogP contribution in [0.25, 0.3) is 0 Å². The molecule has 1 aliphatic rings. The number of nitrogens with zero attached hydrogens (tertiary/aromatic N) is 1. The van der Waals surface area contributed by atoms with Crippen molar-refractivity contribution in [1.29, 1.82) is 0 Å². The minimum Gasteiger partial charge on any atom is -0.494 e. The summed E-state index contributed by atoms with van der Waals surface area (Å²) >= 11 is 0. The van der Waals surface area contributed by atoms with Crippen LogP contribution in [0, 0.1) is 6.92 Å². The fourth-order valence-corrected chi connectivity index (χ4v) is 2.89. The number of benzene rings is 2. The SMILES string of the molecule is CCC(=O)Nc1ccc2c(c1)N(CCCOc1cccc(C)c1)C(=O)CO2. The number of rotatable bonds is 7. The Bertz CT molecular complexity index is 835. The summed E-state index contributed by atoms with van der Waals surface area (Å²) in [6.45, 7) is 4.86. The third-order valence-electron chi connectivity index (χ3n) is 4.29. The third kappa shape index (κ3) is 4.78. The normalized spacial score (nSPS) is 13.0. The van der Waals surface area contributed by atoms with Gasteiger partial charge in [-0.3, -0.25) is 9.59 Å². The smallest absolute Gasteiger partial charge is 0.265 e. The Morgan fingerprint density at radius 3 is 2.89 bits per heavy atom. The monoisotopic (exact) mass is 368 g/mol. The topological polar surface area (TPSA) is 67.9 Å². The van der Waals surface area contributed by atoms with Crippen molar-refractivity contribution < 1.29 is 19.1 Å². The van der Waals surface area contributed by atoms with Crippen LogP contribution in [-0.2, 0) is 9.59 Å². The number of carbonyl (C=O) groups excluding carboxylic acids is 2. The summed E-state index contributed by atoms with van der Waals surface area (Å²) in [4.78, 5) is 25.6. The molecule has 6 heteroatoms. The Balaban J connectivity index is 1.64. The number of amides is 2. The van der Waals surface area contributed by atoms with E-state index in [0.717, 1.165) is 11.3 Å². The third-order valence-corrected chi connectivity index (χ3v) is 4.29. The summed E-state index contributed by atoms with van der Waals surface area (Å²) in [6.07, 6.45) is 1.08. The van der Waals surface area contributed by atoms with E-state index < -0.39 is 0 Å². The van der Waals surface area contributed by atoms with Gasteiger partial charge in [-0.25, -0.2) is 0 Å². The molecule has 0 fully saturated rings. The van der Waals surface area contributed by atoms with E-state index in [9.17, 15) is 9.59 Å². The molecule has 0 saturated heterocycles. The molecule has 2 amide bonds. The molecule has 27 heavy (non-hydrogen) atoms. The first-order chi connectivity index (χ1) is 13.1. The van der Waals surface area contributed by atoms with Gasteiger partial charge in [-0.1, -0.05) is 19.1 Å². The number of nitrogens with one attached hydrogen (secondary N) is 1. The van der Waals surface area contributed by atoms with E-state index in [0.29, 0.717) is 43.1 Å². The molecule has 1 aliphatic heterocycles. The summed E-state index contributed by atoms with van der Waals surface area (Å²) in [5, 5.41) is 2.81. The van der Waals surface area contributed by atoms with Crippen LogP contribution in [0.1, 0.15) is 25.3 Å². The number of fused-ring (bicyclic) bond motifs is 1. The zero-order valence-electron chi connectivity index (χ0n) is 15.7. The molecule has 0 radical (unpaired) electrons. The van der Waals surface area contributed by atoms with E-state index in [1.54, 1.807) is 30.0 Å². The van der Waals surface area contributed by atoms with E-state index in [1.807, 2.05) is 31.2 Å². The number of carbonyl (C=O) groups is 2. The maximum Gasteiger partial charge on any atom is 0.265 e. The molecule has 0 aromatic heterocycles. The molecule has 6 nitrogen and oxygen atoms in total. The van der Waals surface area contributed by atoms with Crippen molar-refractivity contribution in [2.45, 2.75) is 26.7 Å². The lowest BCUT2D eigenvalue weighted by Crippen LogP contribution is -2.39. The first-order valence-corrected chi connectivity index (χ1v) is 9.13. The molecular weight excluding hydrogens is 344 g/mol. The molecule has 0 bridgehead atoms. The zero-order chi connectivity index (χ0) is 19.2. The fraction of sp³-hybridized carbons (Fsp3) is 0.333. The van der Waals surface area contributed by atoms with E-state index in [2.05, 4.69) is 5.32 Å². The number of ether oxygens (including phenoxy) is 2. The van der Waals surface area contributed by atoms with Gasteiger partial charge in [-0.05, 0) is 49.2 Å². The van der Waals surface area contributed by atoms with Crippen molar-refractivity contribution in [2.75, 3.05) is 30.0 Å². The summed E-state index contributed by atoms with van der Waals surface area (Å²) in [6, 6.07) is 13.2. The molecule has 2 aromatic carbocycles. The summed E-state index contributed by atoms with van der Waals surface area (Å²) in [5.74, 6) is 1.30. The largest absolute Gasteiger partial charge is 0.494 e. The van der Waals surface area contributed by atoms with Gasteiger partial charge in [0.2, 0.25) is 5.91 Å². The summed E-state index contributed by atoms with van der Waals surface area (Å²) in [7, 11) is 0. The van der Waals surface area contributed by atoms with Crippen LogP contribution in [0.4, 0.5) is 11.4 Å². The van der Waals surface area contributed by atoms with Crippen LogP contribution in [0.3, 0.4) is 0 Å². The van der Waals surface area contributed by atoms with Gasteiger partial charge < -0.3 is 19.7 Å². The summed E-state index contributed by atoms with van der Waals surface area (Å²) < 4.78 is 11.3. The number of aryl methyl sites for hydroxylation is 1. The lowest BCUT2D eigenvalue weighted by Gasteiger charge is -2.29. The fourth-order valence-electron chi connectivity index (χ4n) is 2.89. The molecular formula is C21H24N2O4. The van der Waals surface area contributed by atoms with E-state index in [4.69, 9.17) is 9.47 Å². The molecule has 1 heterocycles. The minimum atomic E-state index is -0.1000. The lowest BCUT2D eigenvalue weighted by molar-refractivity contribution is -0.121. The molecule has 2 aromatic rings. The Labute approximate surface area is 159 Å². The molecule has 3 rings (SSSR count). The standard InChI is InChI=1S/C21H24N2O4/c1-3-20(24)22-16-8-9-19-18(13-16)23(21(25)14-27-19)10-5-11-26-17-7-4-6-15(2)12-17/h4,6-9,12-13H,3,5,10-11,14H2,1-2H3,(H,22,24). The van der Waals surface area contributed by atoms with Gasteiger partial charge in [0.15, 0.2) is 6.61 Å². The predicted octanol–water partition coefficient (Wildman–Crippen LogP) is 3.54. The highest BCUT2D eigenvalue weighted by molar-refractivity contribution is 5.99. The molecule has 0 saturated carbocycles. The predicted molar refractivity (Wildman–Crippen MR) is 105 cm³/mol. The van der Waals surface area contributed by atoms with Crippen LogP contribution in [0.5, 0.6) is 11.5 Å². The Hall–Kier alpha value is -3.02. The Morgan fingerprint density at radius 1 is 1.26 bits per heavy atom. The van der Waals surface area contributed by atoms with Gasteiger partial charge in [-0.15, -0.1) is 0 Å². The minimum absolute atomic E-state index is 0.0202. The Morgan fingerprint density at radius 2 is 2.11 bits per heavy atom. The summed E-state index contributed by atoms with van der Waals surface area (Å²) in [5.41, 5.74) is 2.47. The van der Waals surface area contributed by atoms with Gasteiger partial charge in [-0.2, -0.15) is 0 Å². The zero-order valence-corrected chi connectivity index (χ0v) is 15.7. The van der Waals surface area contributed by atoms with Crippen molar-refractivity contribution in [3.8, 4) is 11.5 Å². The molecule has 0 spiro atoms. The van der Waals surface area contributed by atoms with Gasteiger partial charge in [0, 0.05) is 18.7 Å². The maximum atomic E-state index is 12.3.